The molecular weight excluding hydrogens is 202 g/mol. The number of nitrogens with zero attached hydrogens (tertiary/aromatic N) is 1. The first kappa shape index (κ1) is 10.6. The van der Waals surface area contributed by atoms with Gasteiger partial charge in [0.15, 0.2) is 0 Å². The van der Waals surface area contributed by atoms with Crippen molar-refractivity contribution < 1.29 is 4.79 Å². The van der Waals surface area contributed by atoms with E-state index in [2.05, 4.69) is 12.6 Å². The van der Waals surface area contributed by atoms with Gasteiger partial charge in [-0.05, 0) is 19.9 Å². The topological polar surface area (TPSA) is 20.3 Å². The van der Waals surface area contributed by atoms with E-state index in [1.54, 1.807) is 11.0 Å². The van der Waals surface area contributed by atoms with E-state index in [4.69, 9.17) is 0 Å². The molecule has 2 nitrogen and oxygen atoms in total. The number of carbonyl (C=O) groups excluding carboxylic acids is 1. The first-order valence-corrected chi connectivity index (χ1v) is 5.39. The zero-order chi connectivity index (χ0) is 10.0. The highest BCUT2D eigenvalue weighted by Gasteiger charge is 2.15. The van der Waals surface area contributed by atoms with Gasteiger partial charge in [0.05, 0.1) is 4.88 Å². The quantitative estimate of drug-likeness (QED) is 0.752. The number of amides is 1. The summed E-state index contributed by atoms with van der Waals surface area (Å²) in [4.78, 5) is 15.0. The summed E-state index contributed by atoms with van der Waals surface area (Å²) in [6.07, 6.45) is 0. The maximum Gasteiger partial charge on any atom is 0.263 e. The summed E-state index contributed by atoms with van der Waals surface area (Å²) in [5.41, 5.74) is 0. The van der Waals surface area contributed by atoms with Gasteiger partial charge in [0.2, 0.25) is 0 Å². The highest BCUT2D eigenvalue weighted by molar-refractivity contribution is 7.80. The van der Waals surface area contributed by atoms with E-state index in [0.29, 0.717) is 0 Å². The Morgan fingerprint density at radius 3 is 2.62 bits per heavy atom. The SMILES string of the molecule is CC(C)N(C)C(=O)c1cc(S)cs1. The van der Waals surface area contributed by atoms with Crippen LogP contribution in [0.15, 0.2) is 16.3 Å². The van der Waals surface area contributed by atoms with E-state index in [9.17, 15) is 4.79 Å². The van der Waals surface area contributed by atoms with Crippen LogP contribution < -0.4 is 0 Å². The largest absolute Gasteiger partial charge is 0.339 e. The molecular formula is C9H13NOS2. The van der Waals surface area contributed by atoms with Crippen molar-refractivity contribution in [1.29, 1.82) is 0 Å². The van der Waals surface area contributed by atoms with Gasteiger partial charge in [-0.3, -0.25) is 4.79 Å². The molecule has 13 heavy (non-hydrogen) atoms. The van der Waals surface area contributed by atoms with E-state index >= 15 is 0 Å². The normalized spacial score (nSPS) is 10.5. The molecule has 0 aliphatic carbocycles. The second-order valence-corrected chi connectivity index (χ2v) is 4.61. The average Bonchev–Trinajstić information content (AvgIpc) is 2.49. The molecule has 0 radical (unpaired) electrons. The van der Waals surface area contributed by atoms with E-state index in [1.165, 1.54) is 11.3 Å². The van der Waals surface area contributed by atoms with Crippen LogP contribution in [0.25, 0.3) is 0 Å². The Balaban J connectivity index is 2.79. The number of rotatable bonds is 2. The van der Waals surface area contributed by atoms with Crippen LogP contribution in [-0.4, -0.2) is 23.9 Å². The predicted octanol–water partition coefficient (Wildman–Crippen LogP) is 2.52. The zero-order valence-electron chi connectivity index (χ0n) is 7.94. The minimum Gasteiger partial charge on any atom is -0.339 e. The van der Waals surface area contributed by atoms with Crippen molar-refractivity contribution in [1.82, 2.24) is 4.90 Å². The predicted molar refractivity (Wildman–Crippen MR) is 58.8 cm³/mol. The molecule has 1 rings (SSSR count). The second-order valence-electron chi connectivity index (χ2n) is 3.18. The molecule has 0 spiro atoms. The van der Waals surface area contributed by atoms with Crippen molar-refractivity contribution in [3.8, 4) is 0 Å². The molecule has 0 saturated heterocycles. The molecule has 0 saturated carbocycles. The second kappa shape index (κ2) is 4.15. The summed E-state index contributed by atoms with van der Waals surface area (Å²) in [6.45, 7) is 3.99. The zero-order valence-corrected chi connectivity index (χ0v) is 9.65. The Hall–Kier alpha value is -0.480. The summed E-state index contributed by atoms with van der Waals surface area (Å²) in [6, 6.07) is 2.03. The van der Waals surface area contributed by atoms with Crippen LogP contribution in [0, 0.1) is 0 Å². The summed E-state index contributed by atoms with van der Waals surface area (Å²) in [5, 5.41) is 1.87. The summed E-state index contributed by atoms with van der Waals surface area (Å²) < 4.78 is 0. The Kier molecular flexibility index (Phi) is 3.39. The first-order chi connectivity index (χ1) is 6.02. The Morgan fingerprint density at radius 1 is 1.62 bits per heavy atom. The molecule has 1 amide bonds. The third kappa shape index (κ3) is 2.48. The maximum absolute atomic E-state index is 11.7. The third-order valence-electron chi connectivity index (χ3n) is 1.89. The molecule has 72 valence electrons. The Bertz CT molecular complexity index is 306. The van der Waals surface area contributed by atoms with Gasteiger partial charge < -0.3 is 4.90 Å². The molecule has 0 fully saturated rings. The van der Waals surface area contributed by atoms with Gasteiger partial charge in [0, 0.05) is 23.4 Å². The van der Waals surface area contributed by atoms with Crippen molar-refractivity contribution in [2.24, 2.45) is 0 Å². The molecule has 0 unspecified atom stereocenters. The van der Waals surface area contributed by atoms with Gasteiger partial charge in [0.25, 0.3) is 5.91 Å². The first-order valence-electron chi connectivity index (χ1n) is 4.07. The van der Waals surface area contributed by atoms with Gasteiger partial charge in [-0.1, -0.05) is 0 Å². The van der Waals surface area contributed by atoms with Crippen LogP contribution in [0.4, 0.5) is 0 Å². The van der Waals surface area contributed by atoms with Crippen LogP contribution in [-0.2, 0) is 0 Å². The van der Waals surface area contributed by atoms with E-state index in [0.717, 1.165) is 9.77 Å². The minimum absolute atomic E-state index is 0.0697. The molecule has 4 heteroatoms. The van der Waals surface area contributed by atoms with Crippen molar-refractivity contribution in [2.75, 3.05) is 7.05 Å². The van der Waals surface area contributed by atoms with Crippen LogP contribution >= 0.6 is 24.0 Å². The van der Waals surface area contributed by atoms with Crippen LogP contribution in [0.2, 0.25) is 0 Å². The lowest BCUT2D eigenvalue weighted by molar-refractivity contribution is 0.0759. The summed E-state index contributed by atoms with van der Waals surface area (Å²) in [5.74, 6) is 0.0697. The molecule has 1 aromatic heterocycles. The van der Waals surface area contributed by atoms with E-state index < -0.39 is 0 Å². The van der Waals surface area contributed by atoms with Crippen molar-refractivity contribution in [3.63, 3.8) is 0 Å². The lowest BCUT2D eigenvalue weighted by Gasteiger charge is -2.20. The van der Waals surface area contributed by atoms with Crippen LogP contribution in [0.3, 0.4) is 0 Å². The van der Waals surface area contributed by atoms with E-state index in [-0.39, 0.29) is 11.9 Å². The smallest absolute Gasteiger partial charge is 0.263 e. The molecule has 0 N–H and O–H groups in total. The maximum atomic E-state index is 11.7. The number of thiol groups is 1. The Labute approximate surface area is 88.0 Å². The highest BCUT2D eigenvalue weighted by Crippen LogP contribution is 2.19. The van der Waals surface area contributed by atoms with Crippen molar-refractivity contribution >= 4 is 29.9 Å². The standard InChI is InChI=1S/C9H13NOS2/c1-6(2)10(3)9(11)8-4-7(12)5-13-8/h4-6,12H,1-3H3. The van der Waals surface area contributed by atoms with Crippen LogP contribution in [0.1, 0.15) is 23.5 Å². The van der Waals surface area contributed by atoms with Crippen LogP contribution in [0.5, 0.6) is 0 Å². The number of carbonyl (C=O) groups is 1. The fourth-order valence-electron chi connectivity index (χ4n) is 0.847. The molecule has 1 aromatic rings. The molecule has 0 aromatic carbocycles. The molecule has 0 bridgehead atoms. The highest BCUT2D eigenvalue weighted by atomic mass is 32.1. The van der Waals surface area contributed by atoms with Crippen molar-refractivity contribution in [3.05, 3.63) is 16.3 Å². The number of hydrogen-bond donors (Lipinski definition) is 1. The third-order valence-corrected chi connectivity index (χ3v) is 3.24. The number of hydrogen-bond acceptors (Lipinski definition) is 3. The van der Waals surface area contributed by atoms with Gasteiger partial charge in [-0.25, -0.2) is 0 Å². The lowest BCUT2D eigenvalue weighted by atomic mass is 10.3. The lowest BCUT2D eigenvalue weighted by Crippen LogP contribution is -2.32. The molecule has 0 atom stereocenters. The fraction of sp³-hybridized carbons (Fsp3) is 0.444. The fourth-order valence-corrected chi connectivity index (χ4v) is 1.98. The Morgan fingerprint density at radius 2 is 2.23 bits per heavy atom. The molecule has 0 aliphatic rings. The molecule has 0 aliphatic heterocycles. The van der Waals surface area contributed by atoms with Gasteiger partial charge in [0.1, 0.15) is 0 Å². The van der Waals surface area contributed by atoms with Gasteiger partial charge >= 0.3 is 0 Å². The number of thiophene rings is 1. The van der Waals surface area contributed by atoms with Gasteiger partial charge in [-0.2, -0.15) is 0 Å². The monoisotopic (exact) mass is 215 g/mol. The molecule has 1 heterocycles. The van der Waals surface area contributed by atoms with Gasteiger partial charge in [-0.15, -0.1) is 24.0 Å². The summed E-state index contributed by atoms with van der Waals surface area (Å²) >= 11 is 5.60. The van der Waals surface area contributed by atoms with Crippen molar-refractivity contribution in [2.45, 2.75) is 24.8 Å². The van der Waals surface area contributed by atoms with E-state index in [1.807, 2.05) is 26.3 Å². The minimum atomic E-state index is 0.0697. The summed E-state index contributed by atoms with van der Waals surface area (Å²) in [7, 11) is 1.81. The average molecular weight is 215 g/mol.